The van der Waals surface area contributed by atoms with Crippen LogP contribution in [0.5, 0.6) is 0 Å². The smallest absolute Gasteiger partial charge is 0.304 e. The lowest BCUT2D eigenvalue weighted by atomic mass is 10.2. The molecule has 0 saturated carbocycles. The van der Waals surface area contributed by atoms with E-state index in [1.807, 2.05) is 9.80 Å². The zero-order chi connectivity index (χ0) is 57.3. The Morgan fingerprint density at radius 2 is 0.421 bits per heavy atom. The monoisotopic (exact) mass is 1090 g/mol. The highest BCUT2D eigenvalue weighted by molar-refractivity contribution is 5.78. The third-order valence-corrected chi connectivity index (χ3v) is 11.6. The van der Waals surface area contributed by atoms with Crippen molar-refractivity contribution in [2.24, 2.45) is 0 Å². The lowest BCUT2D eigenvalue weighted by Gasteiger charge is -2.28. The second-order valence-electron chi connectivity index (χ2n) is 17.7. The fourth-order valence-corrected chi connectivity index (χ4v) is 7.18. The van der Waals surface area contributed by atoms with Crippen molar-refractivity contribution in [1.29, 1.82) is 0 Å². The molecule has 0 fully saturated rings. The van der Waals surface area contributed by atoms with Gasteiger partial charge in [0, 0.05) is 176 Å². The molecule has 4 amide bonds. The number of hydrogen-bond acceptors (Lipinski definition) is 19. The Morgan fingerprint density at radius 1 is 0.250 bits per heavy atom. The first kappa shape index (κ1) is 69.8. The molecule has 0 spiro atoms. The van der Waals surface area contributed by atoms with Crippen LogP contribution in [0.3, 0.4) is 0 Å². The maximum absolute atomic E-state index is 13.1. The van der Waals surface area contributed by atoms with Crippen molar-refractivity contribution in [3.8, 4) is 0 Å². The largest absolute Gasteiger partial charge is 0.481 e. The molecule has 0 aliphatic heterocycles. The van der Waals surface area contributed by atoms with Gasteiger partial charge in [-0.3, -0.25) is 52.7 Å². The van der Waals surface area contributed by atoms with E-state index in [9.17, 15) is 63.0 Å². The van der Waals surface area contributed by atoms with Crippen molar-refractivity contribution in [3.63, 3.8) is 0 Å². The van der Waals surface area contributed by atoms with E-state index in [4.69, 9.17) is 35.7 Å². The predicted molar refractivity (Wildman–Crippen MR) is 268 cm³/mol. The van der Waals surface area contributed by atoms with Crippen LogP contribution in [0.2, 0.25) is 0 Å². The highest BCUT2D eigenvalue weighted by Gasteiger charge is 2.19. The Morgan fingerprint density at radius 3 is 0.605 bits per heavy atom. The number of nitrogens with one attached hydrogen (secondary N) is 4. The van der Waals surface area contributed by atoms with Gasteiger partial charge >= 0.3 is 41.8 Å². The molecule has 0 aromatic heterocycles. The Bertz CT molecular complexity index is 1680. The molecule has 0 heterocycles. The van der Waals surface area contributed by atoms with E-state index >= 15 is 0 Å². The van der Waals surface area contributed by atoms with Crippen molar-refractivity contribution in [2.75, 3.05) is 144 Å². The van der Waals surface area contributed by atoms with Crippen LogP contribution in [0.15, 0.2) is 0 Å². The molecule has 30 nitrogen and oxygen atoms in total. The zero-order valence-electron chi connectivity index (χ0n) is 43.3. The molecule has 0 bridgehead atoms. The molecule has 0 aliphatic rings. The molecule has 0 rings (SSSR count). The van der Waals surface area contributed by atoms with Gasteiger partial charge in [0.2, 0.25) is 23.6 Å². The summed E-state index contributed by atoms with van der Waals surface area (Å²) in [5.41, 5.74) is 0. The van der Waals surface area contributed by atoms with Crippen LogP contribution in [0.1, 0.15) is 77.0 Å². The summed E-state index contributed by atoms with van der Waals surface area (Å²) in [6.45, 7) is 2.50. The number of aliphatic hydroxyl groups excluding tert-OH is 1. The van der Waals surface area contributed by atoms with Crippen LogP contribution in [-0.4, -0.2) is 291 Å². The van der Waals surface area contributed by atoms with Crippen molar-refractivity contribution < 1.29 is 98.7 Å². The van der Waals surface area contributed by atoms with Gasteiger partial charge in [0.25, 0.3) is 0 Å². The fraction of sp³-hybridized carbons (Fsp3) is 0.761. The number of aliphatic carboxylic acids is 7. The standard InChI is InChI=1S/C46H82N10O20/c57-35(47-13-29-51(21-5-39(61)62)22-6-40(63)64)1-17-55(18-2-36(58)48-14-30-52(23-7-41(65)66)24-8-42(67)68)33-34-56(19-3-37(59)49-15-31-53(25-9-43(69)70)26-10-44(71)72)20-4-38(60)50-16-32-54(27-11-45(73)74)28-12-46(75)76/h39,61-62H,1-34H2,(H,47,57)(H,48,58)(H,49,59)(H,50,60)(H,63,64)(H,65,66)(H,67,68)(H,69,70)(H,71,72)(H,73,74)(H,75,76). The Kier molecular flexibility index (Phi) is 39.5. The normalized spacial score (nSPS) is 11.4. The van der Waals surface area contributed by atoms with E-state index in [-0.39, 0.29) is 221 Å². The summed E-state index contributed by atoms with van der Waals surface area (Å²) in [5.74, 6) is -9.11. The number of nitrogens with zero attached hydrogens (tertiary/aromatic N) is 6. The van der Waals surface area contributed by atoms with E-state index in [1.165, 1.54) is 0 Å². The summed E-state index contributed by atoms with van der Waals surface area (Å²) in [6.07, 6.45) is -3.61. The molecule has 0 aromatic rings. The molecular formula is C46H82N10O20. The molecule has 13 N–H and O–H groups in total. The molecule has 0 radical (unpaired) electrons. The molecule has 436 valence electrons. The first-order valence-electron chi connectivity index (χ1n) is 25.2. The molecule has 0 aromatic carbocycles. The third-order valence-electron chi connectivity index (χ3n) is 11.6. The van der Waals surface area contributed by atoms with Crippen LogP contribution in [0.25, 0.3) is 0 Å². The second kappa shape index (κ2) is 43.0. The van der Waals surface area contributed by atoms with Crippen LogP contribution in [0, 0.1) is 0 Å². The summed E-state index contributed by atoms with van der Waals surface area (Å²) in [6, 6.07) is 0. The van der Waals surface area contributed by atoms with Crippen LogP contribution in [-0.2, 0) is 52.7 Å². The molecule has 0 aliphatic carbocycles. The third kappa shape index (κ3) is 44.2. The van der Waals surface area contributed by atoms with Crippen molar-refractivity contribution in [2.45, 2.75) is 83.3 Å². The fourth-order valence-electron chi connectivity index (χ4n) is 7.18. The maximum Gasteiger partial charge on any atom is 0.304 e. The van der Waals surface area contributed by atoms with Crippen molar-refractivity contribution in [3.05, 3.63) is 0 Å². The van der Waals surface area contributed by atoms with Gasteiger partial charge in [0.15, 0.2) is 6.29 Å². The molecule has 30 heteroatoms. The highest BCUT2D eigenvalue weighted by Crippen LogP contribution is 2.04. The zero-order valence-corrected chi connectivity index (χ0v) is 43.3. The first-order chi connectivity index (χ1) is 35.9. The van der Waals surface area contributed by atoms with Crippen molar-refractivity contribution in [1.82, 2.24) is 50.7 Å². The lowest BCUT2D eigenvalue weighted by molar-refractivity contribution is -0.139. The second-order valence-corrected chi connectivity index (χ2v) is 17.7. The lowest BCUT2D eigenvalue weighted by Crippen LogP contribution is -2.43. The summed E-state index contributed by atoms with van der Waals surface area (Å²) in [5, 5.41) is 93.4. The van der Waals surface area contributed by atoms with E-state index < -0.39 is 71.7 Å². The van der Waals surface area contributed by atoms with Gasteiger partial charge in [-0.25, -0.2) is 0 Å². The number of aliphatic hydroxyl groups is 2. The minimum Gasteiger partial charge on any atom is -0.481 e. The van der Waals surface area contributed by atoms with Gasteiger partial charge in [-0.05, 0) is 0 Å². The SMILES string of the molecule is O=C(O)CCN(CCNC(=O)CCN(CCC(=O)NCCN(CCC(=O)O)CCC(=O)O)CCN(CCC(=O)NCCN(CCC(=O)O)CCC(=O)O)CCC(=O)NCCN(CCC(=O)O)CCC(O)O)CCC(=O)O. The van der Waals surface area contributed by atoms with Gasteiger partial charge < -0.3 is 96.6 Å². The van der Waals surface area contributed by atoms with Crippen molar-refractivity contribution >= 4 is 65.4 Å². The number of hydrogen-bond donors (Lipinski definition) is 13. The predicted octanol–water partition coefficient (Wildman–Crippen LogP) is -4.15. The number of amides is 4. The quantitative estimate of drug-likeness (QED) is 0.0257. The Balaban J connectivity index is 6.18. The minimum absolute atomic E-state index is 0.0492. The van der Waals surface area contributed by atoms with E-state index in [2.05, 4.69) is 21.3 Å². The first-order valence-corrected chi connectivity index (χ1v) is 25.2. The summed E-state index contributed by atoms with van der Waals surface area (Å²) in [4.78, 5) is 141. The van der Waals surface area contributed by atoms with Gasteiger partial charge in [-0.15, -0.1) is 0 Å². The summed E-state index contributed by atoms with van der Waals surface area (Å²) >= 11 is 0. The Labute approximate surface area is 441 Å². The number of carbonyl (C=O) groups excluding carboxylic acids is 4. The molecule has 0 saturated heterocycles. The minimum atomic E-state index is -1.61. The van der Waals surface area contributed by atoms with Gasteiger partial charge in [0.05, 0.1) is 44.9 Å². The maximum atomic E-state index is 13.1. The molecule has 0 unspecified atom stereocenters. The van der Waals surface area contributed by atoms with Gasteiger partial charge in [0.1, 0.15) is 0 Å². The topological polar surface area (TPSA) is 437 Å². The van der Waals surface area contributed by atoms with Crippen LogP contribution >= 0.6 is 0 Å². The molecule has 0 atom stereocenters. The average molecular weight is 1100 g/mol. The van der Waals surface area contributed by atoms with Gasteiger partial charge in [-0.2, -0.15) is 0 Å². The van der Waals surface area contributed by atoms with Gasteiger partial charge in [-0.1, -0.05) is 0 Å². The number of rotatable bonds is 51. The van der Waals surface area contributed by atoms with E-state index in [1.54, 1.807) is 19.6 Å². The highest BCUT2D eigenvalue weighted by atomic mass is 16.5. The number of carboxylic acids is 7. The number of carbonyl (C=O) groups is 11. The molecular weight excluding hydrogens is 1010 g/mol. The van der Waals surface area contributed by atoms with E-state index in [0.29, 0.717) is 0 Å². The summed E-state index contributed by atoms with van der Waals surface area (Å²) in [7, 11) is 0. The number of carboxylic acid groups (broad SMARTS) is 7. The molecule has 76 heavy (non-hydrogen) atoms. The van der Waals surface area contributed by atoms with E-state index in [0.717, 1.165) is 0 Å². The Hall–Kier alpha value is -6.15. The summed E-state index contributed by atoms with van der Waals surface area (Å²) < 4.78 is 0. The average Bonchev–Trinajstić information content (AvgIpc) is 3.33. The van der Waals surface area contributed by atoms with Crippen LogP contribution in [0.4, 0.5) is 0 Å². The van der Waals surface area contributed by atoms with Crippen LogP contribution < -0.4 is 21.3 Å².